The second-order valence-electron chi connectivity index (χ2n) is 4.31. The summed E-state index contributed by atoms with van der Waals surface area (Å²) in [5.41, 5.74) is 1.36. The molecule has 1 heterocycles. The first-order valence-electron chi connectivity index (χ1n) is 5.65. The summed E-state index contributed by atoms with van der Waals surface area (Å²) in [4.78, 5) is 13.9. The predicted octanol–water partition coefficient (Wildman–Crippen LogP) is 3.00. The topological polar surface area (TPSA) is 38.1 Å². The number of rotatable bonds is 3. The SMILES string of the molecule is CN(Cc1cnn(C)c1)C(=O)c1cc(Cl)ccc1Cl. The van der Waals surface area contributed by atoms with Gasteiger partial charge in [-0.15, -0.1) is 0 Å². The van der Waals surface area contributed by atoms with Crippen LogP contribution in [0.3, 0.4) is 0 Å². The lowest BCUT2D eigenvalue weighted by atomic mass is 10.2. The Bertz CT molecular complexity index is 610. The highest BCUT2D eigenvalue weighted by Gasteiger charge is 2.16. The maximum absolute atomic E-state index is 12.3. The summed E-state index contributed by atoms with van der Waals surface area (Å²) in [6.07, 6.45) is 3.59. The summed E-state index contributed by atoms with van der Waals surface area (Å²) in [7, 11) is 3.55. The minimum absolute atomic E-state index is 0.170. The Morgan fingerprint density at radius 2 is 2.16 bits per heavy atom. The number of hydrogen-bond donors (Lipinski definition) is 0. The quantitative estimate of drug-likeness (QED) is 0.873. The van der Waals surface area contributed by atoms with Gasteiger partial charge in [-0.05, 0) is 18.2 Å². The molecule has 0 atom stereocenters. The first kappa shape index (κ1) is 13.9. The number of hydrogen-bond acceptors (Lipinski definition) is 2. The Morgan fingerprint density at radius 3 is 2.79 bits per heavy atom. The van der Waals surface area contributed by atoms with Gasteiger partial charge in [-0.3, -0.25) is 9.48 Å². The van der Waals surface area contributed by atoms with Crippen molar-refractivity contribution in [2.45, 2.75) is 6.54 Å². The van der Waals surface area contributed by atoms with Crippen LogP contribution in [0.5, 0.6) is 0 Å². The number of benzene rings is 1. The van der Waals surface area contributed by atoms with Crippen molar-refractivity contribution in [3.63, 3.8) is 0 Å². The van der Waals surface area contributed by atoms with Crippen molar-refractivity contribution in [1.29, 1.82) is 0 Å². The largest absolute Gasteiger partial charge is 0.337 e. The monoisotopic (exact) mass is 297 g/mol. The van der Waals surface area contributed by atoms with Crippen LogP contribution in [0.4, 0.5) is 0 Å². The Labute approximate surface area is 121 Å². The second-order valence-corrected chi connectivity index (χ2v) is 5.15. The fraction of sp³-hybridized carbons (Fsp3) is 0.231. The standard InChI is InChI=1S/C13H13Cl2N3O/c1-17(7-9-6-16-18(2)8-9)13(19)11-5-10(14)3-4-12(11)15/h3-6,8H,7H2,1-2H3. The Kier molecular flexibility index (Phi) is 4.12. The molecule has 0 saturated carbocycles. The van der Waals surface area contributed by atoms with Crippen LogP contribution in [0.1, 0.15) is 15.9 Å². The van der Waals surface area contributed by atoms with Crippen molar-refractivity contribution in [3.8, 4) is 0 Å². The molecule has 0 aliphatic rings. The molecule has 0 bridgehead atoms. The van der Waals surface area contributed by atoms with Gasteiger partial charge >= 0.3 is 0 Å². The van der Waals surface area contributed by atoms with E-state index < -0.39 is 0 Å². The Balaban J connectivity index is 2.16. The Morgan fingerprint density at radius 1 is 1.42 bits per heavy atom. The molecule has 0 N–H and O–H groups in total. The summed E-state index contributed by atoms with van der Waals surface area (Å²) in [5, 5.41) is 4.95. The third-order valence-electron chi connectivity index (χ3n) is 2.68. The average Bonchev–Trinajstić information content (AvgIpc) is 2.77. The van der Waals surface area contributed by atoms with Crippen LogP contribution in [0, 0.1) is 0 Å². The fourth-order valence-electron chi connectivity index (χ4n) is 1.77. The lowest BCUT2D eigenvalue weighted by Crippen LogP contribution is -2.26. The van der Waals surface area contributed by atoms with Gasteiger partial charge in [0.25, 0.3) is 5.91 Å². The van der Waals surface area contributed by atoms with Gasteiger partial charge in [0.15, 0.2) is 0 Å². The van der Waals surface area contributed by atoms with Gasteiger partial charge < -0.3 is 4.90 Å². The zero-order chi connectivity index (χ0) is 14.0. The summed E-state index contributed by atoms with van der Waals surface area (Å²) >= 11 is 11.9. The highest BCUT2D eigenvalue weighted by molar-refractivity contribution is 6.35. The maximum atomic E-state index is 12.3. The number of halogens is 2. The third kappa shape index (κ3) is 3.28. The van der Waals surface area contributed by atoms with Crippen LogP contribution in [0.25, 0.3) is 0 Å². The van der Waals surface area contributed by atoms with Crippen molar-refractivity contribution in [2.24, 2.45) is 7.05 Å². The number of carbonyl (C=O) groups excluding carboxylic acids is 1. The number of amides is 1. The van der Waals surface area contributed by atoms with E-state index in [9.17, 15) is 4.79 Å². The minimum atomic E-state index is -0.170. The molecule has 0 radical (unpaired) electrons. The van der Waals surface area contributed by atoms with E-state index in [0.29, 0.717) is 22.2 Å². The molecule has 0 saturated heterocycles. The van der Waals surface area contributed by atoms with Gasteiger partial charge in [0.05, 0.1) is 16.8 Å². The van der Waals surface area contributed by atoms with E-state index in [-0.39, 0.29) is 5.91 Å². The van der Waals surface area contributed by atoms with E-state index in [1.165, 1.54) is 0 Å². The predicted molar refractivity (Wildman–Crippen MR) is 75.5 cm³/mol. The minimum Gasteiger partial charge on any atom is -0.337 e. The lowest BCUT2D eigenvalue weighted by molar-refractivity contribution is 0.0785. The maximum Gasteiger partial charge on any atom is 0.255 e. The van der Waals surface area contributed by atoms with Crippen molar-refractivity contribution in [3.05, 3.63) is 51.8 Å². The van der Waals surface area contributed by atoms with Crippen LogP contribution in [-0.4, -0.2) is 27.6 Å². The zero-order valence-electron chi connectivity index (χ0n) is 10.6. The van der Waals surface area contributed by atoms with Crippen molar-refractivity contribution >= 4 is 29.1 Å². The van der Waals surface area contributed by atoms with Crippen molar-refractivity contribution in [1.82, 2.24) is 14.7 Å². The highest BCUT2D eigenvalue weighted by atomic mass is 35.5. The van der Waals surface area contributed by atoms with Gasteiger partial charge in [-0.2, -0.15) is 5.10 Å². The molecule has 0 unspecified atom stereocenters. The number of aromatic nitrogens is 2. The summed E-state index contributed by atoms with van der Waals surface area (Å²) in [6.45, 7) is 0.468. The number of aryl methyl sites for hydroxylation is 1. The summed E-state index contributed by atoms with van der Waals surface area (Å²) in [5.74, 6) is -0.170. The fourth-order valence-corrected chi connectivity index (χ4v) is 2.14. The normalized spacial score (nSPS) is 10.5. The van der Waals surface area contributed by atoms with E-state index in [0.717, 1.165) is 5.56 Å². The van der Waals surface area contributed by atoms with E-state index in [4.69, 9.17) is 23.2 Å². The van der Waals surface area contributed by atoms with E-state index in [1.54, 1.807) is 41.0 Å². The molecule has 100 valence electrons. The van der Waals surface area contributed by atoms with E-state index >= 15 is 0 Å². The zero-order valence-corrected chi connectivity index (χ0v) is 12.1. The first-order chi connectivity index (χ1) is 8.97. The molecular weight excluding hydrogens is 285 g/mol. The molecule has 0 aliphatic carbocycles. The Hall–Kier alpha value is -1.52. The van der Waals surface area contributed by atoms with Gasteiger partial charge in [-0.25, -0.2) is 0 Å². The molecule has 0 fully saturated rings. The lowest BCUT2D eigenvalue weighted by Gasteiger charge is -2.17. The van der Waals surface area contributed by atoms with Crippen molar-refractivity contribution < 1.29 is 4.79 Å². The third-order valence-corrected chi connectivity index (χ3v) is 3.25. The molecule has 0 spiro atoms. The smallest absolute Gasteiger partial charge is 0.255 e. The van der Waals surface area contributed by atoms with Gasteiger partial charge in [0.2, 0.25) is 0 Å². The molecule has 2 aromatic rings. The van der Waals surface area contributed by atoms with Crippen LogP contribution < -0.4 is 0 Å². The molecule has 4 nitrogen and oxygen atoms in total. The molecule has 19 heavy (non-hydrogen) atoms. The van der Waals surface area contributed by atoms with Crippen LogP contribution in [-0.2, 0) is 13.6 Å². The summed E-state index contributed by atoms with van der Waals surface area (Å²) < 4.78 is 1.69. The van der Waals surface area contributed by atoms with Crippen LogP contribution >= 0.6 is 23.2 Å². The average molecular weight is 298 g/mol. The molecule has 2 rings (SSSR count). The second kappa shape index (κ2) is 5.63. The van der Waals surface area contributed by atoms with Crippen LogP contribution in [0.15, 0.2) is 30.6 Å². The van der Waals surface area contributed by atoms with Gasteiger partial charge in [-0.1, -0.05) is 23.2 Å². The van der Waals surface area contributed by atoms with E-state index in [2.05, 4.69) is 5.10 Å². The number of carbonyl (C=O) groups is 1. The molecule has 1 aromatic heterocycles. The molecule has 6 heteroatoms. The van der Waals surface area contributed by atoms with Crippen molar-refractivity contribution in [2.75, 3.05) is 7.05 Å². The molecular formula is C13H13Cl2N3O. The van der Waals surface area contributed by atoms with E-state index in [1.807, 2.05) is 13.2 Å². The summed E-state index contributed by atoms with van der Waals surface area (Å²) in [6, 6.07) is 4.85. The molecule has 1 amide bonds. The van der Waals surface area contributed by atoms with Gasteiger partial charge in [0.1, 0.15) is 0 Å². The molecule has 0 aliphatic heterocycles. The van der Waals surface area contributed by atoms with Gasteiger partial charge in [0, 0.05) is 37.4 Å². The highest BCUT2D eigenvalue weighted by Crippen LogP contribution is 2.22. The molecule has 1 aromatic carbocycles. The van der Waals surface area contributed by atoms with Crippen LogP contribution in [0.2, 0.25) is 10.0 Å². The number of nitrogens with zero attached hydrogens (tertiary/aromatic N) is 3. The first-order valence-corrected chi connectivity index (χ1v) is 6.41.